The first kappa shape index (κ1) is 20.3. The van der Waals surface area contributed by atoms with Crippen molar-refractivity contribution in [1.82, 2.24) is 9.78 Å². The number of carboxylic acids is 1. The van der Waals surface area contributed by atoms with Crippen LogP contribution in [0.2, 0.25) is 0 Å². The van der Waals surface area contributed by atoms with Crippen LogP contribution in [0.15, 0.2) is 48.5 Å². The third-order valence-electron chi connectivity index (χ3n) is 5.23. The van der Waals surface area contributed by atoms with Crippen molar-refractivity contribution in [2.45, 2.75) is 26.2 Å². The van der Waals surface area contributed by atoms with Crippen LogP contribution in [0.5, 0.6) is 5.75 Å². The lowest BCUT2D eigenvalue weighted by Crippen LogP contribution is -2.28. The summed E-state index contributed by atoms with van der Waals surface area (Å²) in [5.74, 6) is -1.32. The van der Waals surface area contributed by atoms with Gasteiger partial charge in [-0.3, -0.25) is 9.59 Å². The molecule has 0 spiro atoms. The maximum absolute atomic E-state index is 13.5. The Morgan fingerprint density at radius 2 is 1.90 bits per heavy atom. The van der Waals surface area contributed by atoms with Crippen molar-refractivity contribution in [1.29, 1.82) is 0 Å². The van der Waals surface area contributed by atoms with Gasteiger partial charge in [-0.05, 0) is 50.2 Å². The average Bonchev–Trinajstić information content (AvgIpc) is 3.09. The number of anilines is 1. The number of hydrogen-bond donors (Lipinski definition) is 2. The molecule has 2 heterocycles. The van der Waals surface area contributed by atoms with Crippen molar-refractivity contribution in [2.75, 3.05) is 11.9 Å². The van der Waals surface area contributed by atoms with E-state index in [0.29, 0.717) is 40.7 Å². The molecular formula is C23H21N3O5. The van der Waals surface area contributed by atoms with E-state index < -0.39 is 11.9 Å². The molecule has 1 unspecified atom stereocenters. The highest BCUT2D eigenvalue weighted by atomic mass is 16.5. The number of nitrogens with zero attached hydrogens (tertiary/aromatic N) is 2. The van der Waals surface area contributed by atoms with Crippen molar-refractivity contribution in [3.63, 3.8) is 0 Å². The highest BCUT2D eigenvalue weighted by Gasteiger charge is 2.37. The Labute approximate surface area is 178 Å². The highest BCUT2D eigenvalue weighted by Crippen LogP contribution is 2.39. The lowest BCUT2D eigenvalue weighted by molar-refractivity contribution is -0.116. The summed E-state index contributed by atoms with van der Waals surface area (Å²) in [4.78, 5) is 37.1. The molecule has 3 aromatic rings. The fourth-order valence-electron chi connectivity index (χ4n) is 3.84. The van der Waals surface area contributed by atoms with Crippen LogP contribution in [0.4, 0.5) is 5.82 Å². The number of aromatic carboxylic acids is 1. The van der Waals surface area contributed by atoms with Crippen LogP contribution < -0.4 is 10.1 Å². The first-order valence-corrected chi connectivity index (χ1v) is 9.89. The number of ether oxygens (including phenoxy) is 1. The van der Waals surface area contributed by atoms with Crippen LogP contribution in [0.1, 0.15) is 51.2 Å². The number of carbonyl (C=O) groups excluding carboxylic acids is 2. The van der Waals surface area contributed by atoms with E-state index in [-0.39, 0.29) is 23.7 Å². The molecule has 1 aliphatic heterocycles. The second-order valence-electron chi connectivity index (χ2n) is 7.21. The normalized spacial score (nSPS) is 15.2. The molecule has 0 saturated carbocycles. The van der Waals surface area contributed by atoms with Crippen LogP contribution in [-0.2, 0) is 4.79 Å². The molecule has 0 bridgehead atoms. The van der Waals surface area contributed by atoms with Crippen molar-refractivity contribution >= 4 is 23.5 Å². The standard InChI is InChI=1S/C23H21N3O5/c1-3-31-18-7-5-4-6-16(18)21(28)17-12-19(27)24-22-20(17)13(2)25-26(22)15-10-8-14(9-11-15)23(29)30/h4-11,17H,3,12H2,1-2H3,(H,24,27)(H,29,30). The lowest BCUT2D eigenvalue weighted by Gasteiger charge is -2.24. The van der Waals surface area contributed by atoms with Crippen molar-refractivity contribution < 1.29 is 24.2 Å². The van der Waals surface area contributed by atoms with Gasteiger partial charge in [0.15, 0.2) is 5.78 Å². The number of rotatable bonds is 6. The van der Waals surface area contributed by atoms with E-state index >= 15 is 0 Å². The van der Waals surface area contributed by atoms with Gasteiger partial charge in [0.05, 0.1) is 35.0 Å². The van der Waals surface area contributed by atoms with Gasteiger partial charge in [-0.15, -0.1) is 0 Å². The Bertz CT molecular complexity index is 1180. The Kier molecular flexibility index (Phi) is 5.29. The maximum atomic E-state index is 13.5. The Hall–Kier alpha value is -3.94. The van der Waals surface area contributed by atoms with Crippen LogP contribution in [-0.4, -0.2) is 39.2 Å². The number of ketones is 1. The van der Waals surface area contributed by atoms with Crippen LogP contribution in [0, 0.1) is 6.92 Å². The number of aryl methyl sites for hydroxylation is 1. The lowest BCUT2D eigenvalue weighted by atomic mass is 9.85. The summed E-state index contributed by atoms with van der Waals surface area (Å²) in [5.41, 5.74) is 2.42. The van der Waals surface area contributed by atoms with E-state index in [4.69, 9.17) is 9.84 Å². The van der Waals surface area contributed by atoms with Crippen LogP contribution in [0.3, 0.4) is 0 Å². The third-order valence-corrected chi connectivity index (χ3v) is 5.23. The predicted molar refractivity (Wildman–Crippen MR) is 113 cm³/mol. The number of amides is 1. The zero-order valence-corrected chi connectivity index (χ0v) is 17.1. The highest BCUT2D eigenvalue weighted by molar-refractivity contribution is 6.09. The fraction of sp³-hybridized carbons (Fsp3) is 0.217. The molecule has 1 aliphatic rings. The molecule has 2 aromatic carbocycles. The number of para-hydroxylation sites is 1. The first-order chi connectivity index (χ1) is 14.9. The summed E-state index contributed by atoms with van der Waals surface area (Å²) in [5, 5.41) is 16.5. The molecule has 31 heavy (non-hydrogen) atoms. The topological polar surface area (TPSA) is 111 Å². The van der Waals surface area contributed by atoms with Gasteiger partial charge in [0.25, 0.3) is 0 Å². The maximum Gasteiger partial charge on any atom is 0.335 e. The van der Waals surface area contributed by atoms with E-state index in [9.17, 15) is 14.4 Å². The van der Waals surface area contributed by atoms with Gasteiger partial charge in [0, 0.05) is 12.0 Å². The molecule has 0 radical (unpaired) electrons. The molecule has 0 aliphatic carbocycles. The molecule has 2 N–H and O–H groups in total. The minimum atomic E-state index is -1.03. The van der Waals surface area contributed by atoms with E-state index in [1.54, 1.807) is 43.3 Å². The summed E-state index contributed by atoms with van der Waals surface area (Å²) < 4.78 is 7.14. The quantitative estimate of drug-likeness (QED) is 0.591. The molecule has 8 heteroatoms. The molecule has 8 nitrogen and oxygen atoms in total. The van der Waals surface area contributed by atoms with Crippen LogP contribution in [0.25, 0.3) is 5.69 Å². The molecule has 4 rings (SSSR count). The van der Waals surface area contributed by atoms with Gasteiger partial charge < -0.3 is 15.2 Å². The van der Waals surface area contributed by atoms with E-state index in [1.165, 1.54) is 16.8 Å². The van der Waals surface area contributed by atoms with Gasteiger partial charge in [-0.1, -0.05) is 12.1 Å². The first-order valence-electron chi connectivity index (χ1n) is 9.89. The predicted octanol–water partition coefficient (Wildman–Crippen LogP) is 3.59. The summed E-state index contributed by atoms with van der Waals surface area (Å²) in [7, 11) is 0. The van der Waals surface area contributed by atoms with E-state index in [2.05, 4.69) is 10.4 Å². The van der Waals surface area contributed by atoms with Crippen molar-refractivity contribution in [2.24, 2.45) is 0 Å². The zero-order chi connectivity index (χ0) is 22.1. The average molecular weight is 419 g/mol. The molecule has 0 fully saturated rings. The van der Waals surface area contributed by atoms with Gasteiger partial charge >= 0.3 is 5.97 Å². The molecule has 1 amide bonds. The van der Waals surface area contributed by atoms with Crippen LogP contribution >= 0.6 is 0 Å². The smallest absolute Gasteiger partial charge is 0.335 e. The molecular weight excluding hydrogens is 398 g/mol. The van der Waals surface area contributed by atoms with Crippen molar-refractivity contribution in [3.8, 4) is 11.4 Å². The number of carboxylic acid groups (broad SMARTS) is 1. The second-order valence-corrected chi connectivity index (χ2v) is 7.21. The van der Waals surface area contributed by atoms with Crippen molar-refractivity contribution in [3.05, 3.63) is 70.9 Å². The largest absolute Gasteiger partial charge is 0.493 e. The zero-order valence-electron chi connectivity index (χ0n) is 17.1. The SMILES string of the molecule is CCOc1ccccc1C(=O)C1CC(=O)Nc2c1c(C)nn2-c1ccc(C(=O)O)cc1. The molecule has 0 saturated heterocycles. The Morgan fingerprint density at radius 3 is 2.58 bits per heavy atom. The molecule has 1 aromatic heterocycles. The summed E-state index contributed by atoms with van der Waals surface area (Å²) in [6.07, 6.45) is 0.0107. The number of hydrogen-bond acceptors (Lipinski definition) is 5. The minimum absolute atomic E-state index is 0.0107. The number of aromatic nitrogens is 2. The summed E-state index contributed by atoms with van der Waals surface area (Å²) in [6.45, 7) is 4.05. The minimum Gasteiger partial charge on any atom is -0.493 e. The van der Waals surface area contributed by atoms with Gasteiger partial charge in [-0.2, -0.15) is 5.10 Å². The number of Topliss-reactive ketones (excluding diaryl/α,β-unsaturated/α-hetero) is 1. The van der Waals surface area contributed by atoms with E-state index in [0.717, 1.165) is 0 Å². The summed E-state index contributed by atoms with van der Waals surface area (Å²) >= 11 is 0. The second kappa shape index (κ2) is 8.06. The fourth-order valence-corrected chi connectivity index (χ4v) is 3.84. The number of nitrogens with one attached hydrogen (secondary N) is 1. The third kappa shape index (κ3) is 3.68. The molecule has 158 valence electrons. The monoisotopic (exact) mass is 419 g/mol. The number of carbonyl (C=O) groups is 3. The Balaban J connectivity index is 1.78. The number of fused-ring (bicyclic) bond motifs is 1. The Morgan fingerprint density at radius 1 is 1.19 bits per heavy atom. The summed E-state index contributed by atoms with van der Waals surface area (Å²) in [6, 6.07) is 13.1. The van der Waals surface area contributed by atoms with E-state index in [1.807, 2.05) is 6.92 Å². The van der Waals surface area contributed by atoms with Gasteiger partial charge in [0.2, 0.25) is 5.91 Å². The number of benzene rings is 2. The van der Waals surface area contributed by atoms with Gasteiger partial charge in [-0.25, -0.2) is 9.48 Å². The van der Waals surface area contributed by atoms with Gasteiger partial charge in [0.1, 0.15) is 11.6 Å². The molecule has 1 atom stereocenters.